The van der Waals surface area contributed by atoms with Gasteiger partial charge in [-0.3, -0.25) is 5.84 Å². The van der Waals surface area contributed by atoms with E-state index in [9.17, 15) is 4.39 Å². The fourth-order valence-electron chi connectivity index (χ4n) is 2.08. The minimum absolute atomic E-state index is 0.282. The Bertz CT molecular complexity index is 560. The van der Waals surface area contributed by atoms with Crippen molar-refractivity contribution in [3.63, 3.8) is 0 Å². The largest absolute Gasteiger partial charge is 0.494 e. The van der Waals surface area contributed by atoms with Crippen LogP contribution in [-0.2, 0) is 0 Å². The zero-order chi connectivity index (χ0) is 14.4. The summed E-state index contributed by atoms with van der Waals surface area (Å²) in [7, 11) is 0. The smallest absolute Gasteiger partial charge is 0.128 e. The van der Waals surface area contributed by atoms with Gasteiger partial charge in [0.2, 0.25) is 0 Å². The van der Waals surface area contributed by atoms with Gasteiger partial charge in [0, 0.05) is 5.56 Å². The lowest BCUT2D eigenvalue weighted by Crippen LogP contribution is -2.29. The van der Waals surface area contributed by atoms with Crippen molar-refractivity contribution in [3.8, 4) is 5.75 Å². The third kappa shape index (κ3) is 3.35. The van der Waals surface area contributed by atoms with Crippen LogP contribution in [0.5, 0.6) is 5.75 Å². The van der Waals surface area contributed by atoms with E-state index in [-0.39, 0.29) is 5.82 Å². The fraction of sp³-hybridized carbons (Fsp3) is 0.250. The first kappa shape index (κ1) is 14.5. The van der Waals surface area contributed by atoms with Crippen molar-refractivity contribution in [2.24, 2.45) is 5.84 Å². The molecule has 2 rings (SSSR count). The molecule has 3 N–H and O–H groups in total. The molecule has 0 aliphatic carbocycles. The minimum Gasteiger partial charge on any atom is -0.494 e. The van der Waals surface area contributed by atoms with Gasteiger partial charge in [0.05, 0.1) is 12.6 Å². The molecule has 0 radical (unpaired) electrons. The second-order valence-corrected chi connectivity index (χ2v) is 4.54. The molecule has 1 unspecified atom stereocenters. The second-order valence-electron chi connectivity index (χ2n) is 4.54. The number of nitrogens with two attached hydrogens (primary N) is 1. The van der Waals surface area contributed by atoms with Crippen molar-refractivity contribution in [2.75, 3.05) is 6.61 Å². The Hall–Kier alpha value is -1.91. The first-order chi connectivity index (χ1) is 9.76. The molecule has 0 saturated carbocycles. The van der Waals surface area contributed by atoms with E-state index in [2.05, 4.69) is 5.43 Å². The normalized spacial score (nSPS) is 12.2. The second kappa shape index (κ2) is 7.03. The third-order valence-electron chi connectivity index (χ3n) is 3.05. The molecule has 2 aromatic carbocycles. The van der Waals surface area contributed by atoms with Crippen molar-refractivity contribution < 1.29 is 9.13 Å². The van der Waals surface area contributed by atoms with Gasteiger partial charge in [0.25, 0.3) is 0 Å². The van der Waals surface area contributed by atoms with E-state index >= 15 is 0 Å². The van der Waals surface area contributed by atoms with Crippen molar-refractivity contribution in [1.82, 2.24) is 5.43 Å². The number of hydrogen-bond acceptors (Lipinski definition) is 3. The summed E-state index contributed by atoms with van der Waals surface area (Å²) in [6, 6.07) is 13.7. The SMILES string of the molecule is CCCOc1cccc(C(NN)c2ccccc2F)c1. The standard InChI is InChI=1S/C16H19FN2O/c1-2-10-20-13-7-5-6-12(11-13)16(19-18)14-8-3-4-9-15(14)17/h3-9,11,16,19H,2,10,18H2,1H3. The van der Waals surface area contributed by atoms with E-state index in [1.165, 1.54) is 6.07 Å². The Morgan fingerprint density at radius 1 is 1.20 bits per heavy atom. The van der Waals surface area contributed by atoms with Crippen LogP contribution in [0.1, 0.15) is 30.5 Å². The lowest BCUT2D eigenvalue weighted by atomic mass is 9.98. The Morgan fingerprint density at radius 3 is 2.70 bits per heavy atom. The van der Waals surface area contributed by atoms with E-state index in [0.29, 0.717) is 12.2 Å². The molecule has 2 aromatic rings. The summed E-state index contributed by atoms with van der Waals surface area (Å²) >= 11 is 0. The summed E-state index contributed by atoms with van der Waals surface area (Å²) < 4.78 is 19.5. The van der Waals surface area contributed by atoms with Crippen molar-refractivity contribution in [2.45, 2.75) is 19.4 Å². The van der Waals surface area contributed by atoms with Gasteiger partial charge in [-0.2, -0.15) is 0 Å². The maximum absolute atomic E-state index is 13.9. The highest BCUT2D eigenvalue weighted by Gasteiger charge is 2.16. The molecule has 0 aliphatic heterocycles. The van der Waals surface area contributed by atoms with Gasteiger partial charge in [-0.25, -0.2) is 9.82 Å². The molecule has 0 heterocycles. The molecule has 3 nitrogen and oxygen atoms in total. The molecule has 0 aromatic heterocycles. The minimum atomic E-state index is -0.402. The number of rotatable bonds is 6. The summed E-state index contributed by atoms with van der Waals surface area (Å²) in [5.74, 6) is 6.08. The maximum Gasteiger partial charge on any atom is 0.128 e. The molecule has 0 bridgehead atoms. The van der Waals surface area contributed by atoms with Crippen LogP contribution in [0.4, 0.5) is 4.39 Å². The summed E-state index contributed by atoms with van der Waals surface area (Å²) in [4.78, 5) is 0. The topological polar surface area (TPSA) is 47.3 Å². The number of nitrogens with one attached hydrogen (secondary N) is 1. The first-order valence-corrected chi connectivity index (χ1v) is 6.69. The van der Waals surface area contributed by atoms with E-state index in [1.807, 2.05) is 31.2 Å². The molecule has 4 heteroatoms. The molecular formula is C16H19FN2O. The van der Waals surface area contributed by atoms with Crippen molar-refractivity contribution in [3.05, 3.63) is 65.5 Å². The predicted molar refractivity (Wildman–Crippen MR) is 77.8 cm³/mol. The zero-order valence-electron chi connectivity index (χ0n) is 11.5. The molecule has 0 spiro atoms. The van der Waals surface area contributed by atoms with E-state index < -0.39 is 6.04 Å². The molecular weight excluding hydrogens is 255 g/mol. The van der Waals surface area contributed by atoms with Crippen LogP contribution in [0.2, 0.25) is 0 Å². The van der Waals surface area contributed by atoms with Crippen LogP contribution in [0.25, 0.3) is 0 Å². The Labute approximate surface area is 118 Å². The van der Waals surface area contributed by atoms with Gasteiger partial charge >= 0.3 is 0 Å². The third-order valence-corrected chi connectivity index (χ3v) is 3.05. The molecule has 0 saturated heterocycles. The van der Waals surface area contributed by atoms with E-state index in [4.69, 9.17) is 10.6 Å². The summed E-state index contributed by atoms with van der Waals surface area (Å²) in [5, 5.41) is 0. The van der Waals surface area contributed by atoms with Crippen LogP contribution in [-0.4, -0.2) is 6.61 Å². The van der Waals surface area contributed by atoms with E-state index in [1.54, 1.807) is 18.2 Å². The Morgan fingerprint density at radius 2 is 2.00 bits per heavy atom. The summed E-state index contributed by atoms with van der Waals surface area (Å²) in [6.07, 6.45) is 0.941. The van der Waals surface area contributed by atoms with Gasteiger partial charge in [0.1, 0.15) is 11.6 Å². The predicted octanol–water partition coefficient (Wildman–Crippen LogP) is 3.17. The molecule has 0 fully saturated rings. The lowest BCUT2D eigenvalue weighted by molar-refractivity contribution is 0.317. The van der Waals surface area contributed by atoms with Gasteiger partial charge < -0.3 is 4.74 Å². The molecule has 1 atom stereocenters. The number of hydrazine groups is 1. The van der Waals surface area contributed by atoms with Crippen molar-refractivity contribution in [1.29, 1.82) is 0 Å². The van der Waals surface area contributed by atoms with Gasteiger partial charge in [0.15, 0.2) is 0 Å². The number of halogens is 1. The van der Waals surface area contributed by atoms with Crippen LogP contribution >= 0.6 is 0 Å². The highest BCUT2D eigenvalue weighted by molar-refractivity contribution is 5.37. The average molecular weight is 274 g/mol. The number of ether oxygens (including phenoxy) is 1. The van der Waals surface area contributed by atoms with Crippen LogP contribution in [0.3, 0.4) is 0 Å². The maximum atomic E-state index is 13.9. The number of hydrogen-bond donors (Lipinski definition) is 2. The zero-order valence-corrected chi connectivity index (χ0v) is 11.5. The van der Waals surface area contributed by atoms with Crippen molar-refractivity contribution >= 4 is 0 Å². The monoisotopic (exact) mass is 274 g/mol. The Balaban J connectivity index is 2.30. The molecule has 0 aliphatic rings. The van der Waals surface area contributed by atoms with Gasteiger partial charge in [-0.15, -0.1) is 0 Å². The molecule has 0 amide bonds. The van der Waals surface area contributed by atoms with Gasteiger partial charge in [-0.05, 0) is 30.2 Å². The van der Waals surface area contributed by atoms with Crippen LogP contribution in [0, 0.1) is 5.82 Å². The van der Waals surface area contributed by atoms with Gasteiger partial charge in [-0.1, -0.05) is 37.3 Å². The Kier molecular flexibility index (Phi) is 5.09. The summed E-state index contributed by atoms with van der Waals surface area (Å²) in [6.45, 7) is 2.71. The summed E-state index contributed by atoms with van der Waals surface area (Å²) in [5.41, 5.74) is 4.05. The highest BCUT2D eigenvalue weighted by atomic mass is 19.1. The van der Waals surface area contributed by atoms with E-state index in [0.717, 1.165) is 17.7 Å². The fourth-order valence-corrected chi connectivity index (χ4v) is 2.08. The highest BCUT2D eigenvalue weighted by Crippen LogP contribution is 2.26. The molecule has 20 heavy (non-hydrogen) atoms. The quantitative estimate of drug-likeness (QED) is 0.628. The average Bonchev–Trinajstić information content (AvgIpc) is 2.48. The first-order valence-electron chi connectivity index (χ1n) is 6.69. The number of benzene rings is 2. The van der Waals surface area contributed by atoms with Crippen LogP contribution in [0.15, 0.2) is 48.5 Å². The lowest BCUT2D eigenvalue weighted by Gasteiger charge is -2.18. The molecule has 106 valence electrons. The van der Waals surface area contributed by atoms with Crippen LogP contribution < -0.4 is 16.0 Å².